The Morgan fingerprint density at radius 1 is 0.488 bits per heavy atom. The smallest absolute Gasteiger partial charge is 0.0775 e. The number of benzene rings is 6. The molecule has 0 saturated carbocycles. The third kappa shape index (κ3) is 5.60. The van der Waals surface area contributed by atoms with E-state index in [1.807, 2.05) is 11.3 Å². The number of nitrogens with zero attached hydrogens (tertiary/aromatic N) is 1. The van der Waals surface area contributed by atoms with Crippen LogP contribution in [0.5, 0.6) is 0 Å². The molecule has 0 unspecified atom stereocenters. The van der Waals surface area contributed by atoms with Crippen molar-refractivity contribution >= 4 is 73.2 Å². The SMILES string of the molecule is C[Si](C)(C)c1ccc(N(c2ccccc2)c2ccc3c(c2)sc2ccc(Nc4cccc(-c5ccccc5)c4)cc23)cc1. The van der Waals surface area contributed by atoms with Gasteiger partial charge in [-0.2, -0.15) is 0 Å². The topological polar surface area (TPSA) is 15.3 Å². The van der Waals surface area contributed by atoms with Crippen LogP contribution in [0.4, 0.5) is 28.4 Å². The Balaban J connectivity index is 1.24. The molecule has 0 fully saturated rings. The molecule has 0 aliphatic rings. The van der Waals surface area contributed by atoms with Crippen molar-refractivity contribution in [2.45, 2.75) is 19.6 Å². The van der Waals surface area contributed by atoms with Crippen LogP contribution in [-0.4, -0.2) is 8.07 Å². The Morgan fingerprint density at radius 2 is 1.14 bits per heavy atom. The first-order valence-corrected chi connectivity index (χ1v) is 19.1. The summed E-state index contributed by atoms with van der Waals surface area (Å²) in [5, 5.41) is 7.68. The lowest BCUT2D eigenvalue weighted by Gasteiger charge is -2.26. The Kier molecular flexibility index (Phi) is 7.10. The number of nitrogens with one attached hydrogen (secondary N) is 1. The van der Waals surface area contributed by atoms with Crippen LogP contribution < -0.4 is 15.4 Å². The maximum Gasteiger partial charge on any atom is 0.0775 e. The fourth-order valence-corrected chi connectivity index (χ4v) is 7.98. The monoisotopic (exact) mass is 590 g/mol. The van der Waals surface area contributed by atoms with Gasteiger partial charge in [-0.05, 0) is 77.9 Å². The van der Waals surface area contributed by atoms with Crippen molar-refractivity contribution in [3.05, 3.63) is 146 Å². The van der Waals surface area contributed by atoms with Gasteiger partial charge in [0.25, 0.3) is 0 Å². The molecule has 0 bridgehead atoms. The van der Waals surface area contributed by atoms with Crippen molar-refractivity contribution in [2.75, 3.05) is 10.2 Å². The van der Waals surface area contributed by atoms with E-state index in [4.69, 9.17) is 0 Å². The van der Waals surface area contributed by atoms with Crippen molar-refractivity contribution in [1.29, 1.82) is 0 Å². The van der Waals surface area contributed by atoms with Gasteiger partial charge in [0, 0.05) is 48.6 Å². The molecule has 0 spiro atoms. The Hall–Kier alpha value is -4.64. The number of anilines is 5. The van der Waals surface area contributed by atoms with Crippen molar-refractivity contribution in [2.24, 2.45) is 0 Å². The van der Waals surface area contributed by atoms with Gasteiger partial charge in [-0.25, -0.2) is 0 Å². The third-order valence-corrected chi connectivity index (χ3v) is 11.2. The van der Waals surface area contributed by atoms with E-state index in [0.717, 1.165) is 17.1 Å². The first-order chi connectivity index (χ1) is 20.9. The summed E-state index contributed by atoms with van der Waals surface area (Å²) in [6.07, 6.45) is 0. The highest BCUT2D eigenvalue weighted by Crippen LogP contribution is 2.41. The lowest BCUT2D eigenvalue weighted by molar-refractivity contribution is 1.29. The van der Waals surface area contributed by atoms with E-state index in [1.165, 1.54) is 47.9 Å². The third-order valence-electron chi connectivity index (χ3n) is 7.98. The summed E-state index contributed by atoms with van der Waals surface area (Å²) in [6, 6.07) is 52.6. The molecule has 1 aromatic heterocycles. The molecule has 7 rings (SSSR count). The van der Waals surface area contributed by atoms with E-state index in [9.17, 15) is 0 Å². The number of hydrogen-bond acceptors (Lipinski definition) is 3. The molecule has 43 heavy (non-hydrogen) atoms. The van der Waals surface area contributed by atoms with Gasteiger partial charge in [0.05, 0.1) is 8.07 Å². The van der Waals surface area contributed by atoms with Gasteiger partial charge in [-0.3, -0.25) is 0 Å². The van der Waals surface area contributed by atoms with Gasteiger partial charge in [0.1, 0.15) is 0 Å². The van der Waals surface area contributed by atoms with Crippen LogP contribution in [-0.2, 0) is 0 Å². The van der Waals surface area contributed by atoms with Gasteiger partial charge >= 0.3 is 0 Å². The molecule has 7 aromatic rings. The molecular formula is C39H34N2SSi. The van der Waals surface area contributed by atoms with Crippen molar-refractivity contribution in [3.63, 3.8) is 0 Å². The summed E-state index contributed by atoms with van der Waals surface area (Å²) < 4.78 is 2.58. The van der Waals surface area contributed by atoms with E-state index >= 15 is 0 Å². The van der Waals surface area contributed by atoms with Crippen molar-refractivity contribution in [1.82, 2.24) is 0 Å². The summed E-state index contributed by atoms with van der Waals surface area (Å²) in [5.41, 5.74) is 8.11. The molecule has 0 saturated heterocycles. The van der Waals surface area contributed by atoms with Crippen LogP contribution in [0.2, 0.25) is 19.6 Å². The molecule has 2 nitrogen and oxygen atoms in total. The van der Waals surface area contributed by atoms with E-state index in [-0.39, 0.29) is 0 Å². The van der Waals surface area contributed by atoms with Crippen molar-refractivity contribution in [3.8, 4) is 11.1 Å². The van der Waals surface area contributed by atoms with Gasteiger partial charge in [0.15, 0.2) is 0 Å². The predicted octanol–water partition coefficient (Wildman–Crippen LogP) is 11.5. The molecule has 4 heteroatoms. The van der Waals surface area contributed by atoms with Crippen LogP contribution in [0.15, 0.2) is 146 Å². The fourth-order valence-electron chi connectivity index (χ4n) is 5.69. The number of para-hydroxylation sites is 1. The Morgan fingerprint density at radius 3 is 1.88 bits per heavy atom. The molecular weight excluding hydrogens is 557 g/mol. The lowest BCUT2D eigenvalue weighted by atomic mass is 10.1. The van der Waals surface area contributed by atoms with Crippen LogP contribution in [0.3, 0.4) is 0 Å². The van der Waals surface area contributed by atoms with Crippen LogP contribution >= 0.6 is 11.3 Å². The van der Waals surface area contributed by atoms with E-state index in [0.29, 0.717) is 0 Å². The van der Waals surface area contributed by atoms with Gasteiger partial charge in [-0.15, -0.1) is 11.3 Å². The Labute approximate surface area is 258 Å². The van der Waals surface area contributed by atoms with Crippen LogP contribution in [0, 0.1) is 0 Å². The zero-order valence-corrected chi connectivity index (χ0v) is 26.5. The van der Waals surface area contributed by atoms with Gasteiger partial charge in [0.2, 0.25) is 0 Å². The van der Waals surface area contributed by atoms with E-state index in [2.05, 4.69) is 175 Å². The largest absolute Gasteiger partial charge is 0.355 e. The van der Waals surface area contributed by atoms with Crippen LogP contribution in [0.25, 0.3) is 31.3 Å². The average molecular weight is 591 g/mol. The summed E-state index contributed by atoms with van der Waals surface area (Å²) in [5.74, 6) is 0. The second-order valence-corrected chi connectivity index (χ2v) is 18.2. The van der Waals surface area contributed by atoms with Gasteiger partial charge in [-0.1, -0.05) is 104 Å². The molecule has 6 aromatic carbocycles. The zero-order chi connectivity index (χ0) is 29.4. The van der Waals surface area contributed by atoms with Crippen molar-refractivity contribution < 1.29 is 0 Å². The van der Waals surface area contributed by atoms with Crippen LogP contribution in [0.1, 0.15) is 0 Å². The molecule has 0 atom stereocenters. The molecule has 210 valence electrons. The number of rotatable bonds is 7. The molecule has 1 N–H and O–H groups in total. The quantitative estimate of drug-likeness (QED) is 0.186. The number of hydrogen-bond donors (Lipinski definition) is 1. The second kappa shape index (κ2) is 11.2. The molecule has 0 aliphatic carbocycles. The van der Waals surface area contributed by atoms with E-state index in [1.54, 1.807) is 0 Å². The van der Waals surface area contributed by atoms with E-state index < -0.39 is 8.07 Å². The zero-order valence-electron chi connectivity index (χ0n) is 24.7. The molecule has 0 radical (unpaired) electrons. The molecule has 1 heterocycles. The highest BCUT2D eigenvalue weighted by atomic mass is 32.1. The minimum absolute atomic E-state index is 1.08. The molecule has 0 aliphatic heterocycles. The number of thiophene rings is 1. The predicted molar refractivity (Wildman–Crippen MR) is 192 cm³/mol. The number of fused-ring (bicyclic) bond motifs is 3. The maximum atomic E-state index is 3.65. The summed E-state index contributed by atoms with van der Waals surface area (Å²) in [6.45, 7) is 7.19. The highest BCUT2D eigenvalue weighted by Gasteiger charge is 2.18. The molecule has 0 amide bonds. The average Bonchev–Trinajstić information content (AvgIpc) is 3.39. The normalized spacial score (nSPS) is 11.6. The Bertz CT molecular complexity index is 2020. The minimum atomic E-state index is -1.38. The second-order valence-electron chi connectivity index (χ2n) is 12.0. The summed E-state index contributed by atoms with van der Waals surface area (Å²) in [7, 11) is -1.38. The standard InChI is InChI=1S/C39H34N2SSi/c1-43(2,3)35-21-18-33(19-22-35)41(32-15-8-5-9-16-32)34-20-23-36-37-26-31(17-24-38(37)42-39(36)27-34)40-30-14-10-13-29(25-30)28-11-6-4-7-12-28/h4-27,40H,1-3H3. The maximum absolute atomic E-state index is 3.65. The summed E-state index contributed by atoms with van der Waals surface area (Å²) in [4.78, 5) is 2.37. The summed E-state index contributed by atoms with van der Waals surface area (Å²) >= 11 is 1.86. The fraction of sp³-hybridized carbons (Fsp3) is 0.0769. The van der Waals surface area contributed by atoms with Gasteiger partial charge < -0.3 is 10.2 Å². The first-order valence-electron chi connectivity index (χ1n) is 14.8. The minimum Gasteiger partial charge on any atom is -0.355 e. The highest BCUT2D eigenvalue weighted by molar-refractivity contribution is 7.25. The first kappa shape index (κ1) is 27.2. The lowest BCUT2D eigenvalue weighted by Crippen LogP contribution is -2.37.